The van der Waals surface area contributed by atoms with Gasteiger partial charge in [0.15, 0.2) is 0 Å². The molecule has 66 valence electrons. The van der Waals surface area contributed by atoms with Crippen molar-refractivity contribution in [3.05, 3.63) is 35.9 Å². The van der Waals surface area contributed by atoms with Crippen molar-refractivity contribution in [1.82, 2.24) is 5.48 Å². The van der Waals surface area contributed by atoms with Crippen LogP contribution in [0.5, 0.6) is 0 Å². The molecule has 1 aromatic rings. The van der Waals surface area contributed by atoms with Crippen LogP contribution in [-0.2, 0) is 11.3 Å². The molecule has 1 N–H and O–H groups in total. The zero-order valence-electron chi connectivity index (χ0n) is 7.58. The molecule has 0 spiro atoms. The lowest BCUT2D eigenvalue weighted by molar-refractivity contribution is 0.0661. The summed E-state index contributed by atoms with van der Waals surface area (Å²) in [6.07, 6.45) is 0.995. The van der Waals surface area contributed by atoms with Crippen LogP contribution in [0.4, 0.5) is 0 Å². The Kier molecular flexibility index (Phi) is 3.77. The van der Waals surface area contributed by atoms with Crippen molar-refractivity contribution in [3.63, 3.8) is 0 Å². The molecule has 2 nitrogen and oxygen atoms in total. The largest absolute Gasteiger partial charge is 0.305 e. The van der Waals surface area contributed by atoms with Crippen LogP contribution in [0.2, 0.25) is 0 Å². The lowest BCUT2D eigenvalue weighted by Gasteiger charge is -2.10. The summed E-state index contributed by atoms with van der Waals surface area (Å²) in [4.78, 5) is 4.83. The highest BCUT2D eigenvalue weighted by atomic mass is 16.6. The minimum atomic E-state index is 0.359. The highest BCUT2D eigenvalue weighted by Crippen LogP contribution is 2.01. The third-order valence-electron chi connectivity index (χ3n) is 1.70. The van der Waals surface area contributed by atoms with Crippen molar-refractivity contribution in [2.45, 2.75) is 19.4 Å². The van der Waals surface area contributed by atoms with Crippen LogP contribution in [0, 0.1) is 0 Å². The lowest BCUT2D eigenvalue weighted by Crippen LogP contribution is -2.26. The van der Waals surface area contributed by atoms with E-state index in [1.54, 1.807) is 7.11 Å². The second-order valence-corrected chi connectivity index (χ2v) is 2.91. The SMILES string of the molecule is CON[C@H](C)Cc1ccccc1. The zero-order chi connectivity index (χ0) is 8.81. The summed E-state index contributed by atoms with van der Waals surface area (Å²) < 4.78 is 0. The number of rotatable bonds is 4. The van der Waals surface area contributed by atoms with Gasteiger partial charge in [-0.2, -0.15) is 5.48 Å². The van der Waals surface area contributed by atoms with Crippen molar-refractivity contribution < 1.29 is 4.84 Å². The Labute approximate surface area is 73.5 Å². The van der Waals surface area contributed by atoms with Crippen molar-refractivity contribution in [2.75, 3.05) is 7.11 Å². The average molecular weight is 165 g/mol. The molecule has 0 saturated heterocycles. The summed E-state index contributed by atoms with van der Waals surface area (Å²) in [6.45, 7) is 2.09. The fourth-order valence-electron chi connectivity index (χ4n) is 1.21. The van der Waals surface area contributed by atoms with Gasteiger partial charge in [-0.15, -0.1) is 0 Å². The van der Waals surface area contributed by atoms with Crippen LogP contribution < -0.4 is 5.48 Å². The van der Waals surface area contributed by atoms with E-state index < -0.39 is 0 Å². The van der Waals surface area contributed by atoms with Crippen molar-refractivity contribution in [2.24, 2.45) is 0 Å². The Hall–Kier alpha value is -0.860. The van der Waals surface area contributed by atoms with E-state index in [1.165, 1.54) is 5.56 Å². The summed E-state index contributed by atoms with van der Waals surface area (Å²) in [6, 6.07) is 10.7. The molecule has 0 aliphatic carbocycles. The van der Waals surface area contributed by atoms with Gasteiger partial charge in [-0.05, 0) is 18.9 Å². The fourth-order valence-corrected chi connectivity index (χ4v) is 1.21. The Morgan fingerprint density at radius 3 is 2.58 bits per heavy atom. The molecular formula is C10H15NO. The molecule has 0 fully saturated rings. The Morgan fingerprint density at radius 2 is 2.00 bits per heavy atom. The predicted molar refractivity (Wildman–Crippen MR) is 49.8 cm³/mol. The first-order valence-corrected chi connectivity index (χ1v) is 4.15. The molecule has 12 heavy (non-hydrogen) atoms. The second-order valence-electron chi connectivity index (χ2n) is 2.91. The maximum atomic E-state index is 4.83. The Bertz CT molecular complexity index is 210. The van der Waals surface area contributed by atoms with Gasteiger partial charge in [0.2, 0.25) is 0 Å². The van der Waals surface area contributed by atoms with Crippen LogP contribution >= 0.6 is 0 Å². The number of hydroxylamine groups is 1. The summed E-state index contributed by atoms with van der Waals surface area (Å²) in [5.74, 6) is 0. The molecule has 0 aromatic heterocycles. The highest BCUT2D eigenvalue weighted by molar-refractivity contribution is 5.15. The van der Waals surface area contributed by atoms with E-state index in [0.717, 1.165) is 6.42 Å². The third-order valence-corrected chi connectivity index (χ3v) is 1.70. The van der Waals surface area contributed by atoms with Gasteiger partial charge < -0.3 is 4.84 Å². The summed E-state index contributed by atoms with van der Waals surface area (Å²) in [5.41, 5.74) is 4.22. The molecule has 0 saturated carbocycles. The molecule has 0 aliphatic rings. The molecule has 2 heteroatoms. The molecule has 0 heterocycles. The minimum Gasteiger partial charge on any atom is -0.305 e. The van der Waals surface area contributed by atoms with Gasteiger partial charge in [0, 0.05) is 6.04 Å². The van der Waals surface area contributed by atoms with E-state index in [1.807, 2.05) is 6.07 Å². The van der Waals surface area contributed by atoms with E-state index in [4.69, 9.17) is 4.84 Å². The van der Waals surface area contributed by atoms with Gasteiger partial charge in [-0.1, -0.05) is 30.3 Å². The monoisotopic (exact) mass is 165 g/mol. The third kappa shape index (κ3) is 3.03. The molecule has 0 amide bonds. The van der Waals surface area contributed by atoms with Gasteiger partial charge in [0.25, 0.3) is 0 Å². The zero-order valence-corrected chi connectivity index (χ0v) is 7.58. The number of hydrogen-bond acceptors (Lipinski definition) is 2. The fraction of sp³-hybridized carbons (Fsp3) is 0.400. The van der Waals surface area contributed by atoms with E-state index in [9.17, 15) is 0 Å². The molecule has 0 bridgehead atoms. The van der Waals surface area contributed by atoms with Crippen molar-refractivity contribution in [1.29, 1.82) is 0 Å². The minimum absolute atomic E-state index is 0.359. The predicted octanol–water partition coefficient (Wildman–Crippen LogP) is 1.77. The van der Waals surface area contributed by atoms with Crippen LogP contribution in [-0.4, -0.2) is 13.2 Å². The standard InChI is InChI=1S/C10H15NO/c1-9(11-12-2)8-10-6-4-3-5-7-10/h3-7,9,11H,8H2,1-2H3/t9-/m1/s1. The van der Waals surface area contributed by atoms with Crippen LogP contribution in [0.3, 0.4) is 0 Å². The van der Waals surface area contributed by atoms with Gasteiger partial charge in [-0.25, -0.2) is 0 Å². The van der Waals surface area contributed by atoms with Gasteiger partial charge in [0.1, 0.15) is 0 Å². The van der Waals surface area contributed by atoms with Crippen LogP contribution in [0.25, 0.3) is 0 Å². The average Bonchev–Trinajstić information content (AvgIpc) is 2.06. The summed E-state index contributed by atoms with van der Waals surface area (Å²) >= 11 is 0. The molecule has 1 aromatic carbocycles. The molecule has 0 radical (unpaired) electrons. The normalized spacial score (nSPS) is 12.8. The topological polar surface area (TPSA) is 21.3 Å². The summed E-state index contributed by atoms with van der Waals surface area (Å²) in [7, 11) is 1.64. The molecular weight excluding hydrogens is 150 g/mol. The first-order chi connectivity index (χ1) is 5.83. The first kappa shape index (κ1) is 9.23. The summed E-state index contributed by atoms with van der Waals surface area (Å²) in [5, 5.41) is 0. The van der Waals surface area contributed by atoms with Gasteiger partial charge >= 0.3 is 0 Å². The Balaban J connectivity index is 2.41. The van der Waals surface area contributed by atoms with E-state index >= 15 is 0 Å². The van der Waals surface area contributed by atoms with Crippen LogP contribution in [0.1, 0.15) is 12.5 Å². The Morgan fingerprint density at radius 1 is 1.33 bits per heavy atom. The first-order valence-electron chi connectivity index (χ1n) is 4.15. The maximum absolute atomic E-state index is 4.83. The van der Waals surface area contributed by atoms with Crippen molar-refractivity contribution >= 4 is 0 Å². The number of hydrogen-bond donors (Lipinski definition) is 1. The smallest absolute Gasteiger partial charge is 0.0572 e. The molecule has 1 rings (SSSR count). The van der Waals surface area contributed by atoms with Gasteiger partial charge in [-0.3, -0.25) is 0 Å². The van der Waals surface area contributed by atoms with E-state index in [0.29, 0.717) is 6.04 Å². The van der Waals surface area contributed by atoms with E-state index in [2.05, 4.69) is 36.7 Å². The number of benzene rings is 1. The molecule has 1 atom stereocenters. The van der Waals surface area contributed by atoms with E-state index in [-0.39, 0.29) is 0 Å². The van der Waals surface area contributed by atoms with Crippen molar-refractivity contribution in [3.8, 4) is 0 Å². The highest BCUT2D eigenvalue weighted by Gasteiger charge is 2.00. The maximum Gasteiger partial charge on any atom is 0.0572 e. The lowest BCUT2D eigenvalue weighted by atomic mass is 10.1. The molecule has 0 aliphatic heterocycles. The molecule has 0 unspecified atom stereocenters. The quantitative estimate of drug-likeness (QED) is 0.686. The second kappa shape index (κ2) is 4.91. The number of nitrogens with one attached hydrogen (secondary N) is 1. The van der Waals surface area contributed by atoms with Crippen LogP contribution in [0.15, 0.2) is 30.3 Å². The van der Waals surface area contributed by atoms with Gasteiger partial charge in [0.05, 0.1) is 7.11 Å².